The lowest BCUT2D eigenvalue weighted by Gasteiger charge is -2.01. The average Bonchev–Trinajstić information content (AvgIpc) is 2.16. The highest BCUT2D eigenvalue weighted by molar-refractivity contribution is 6.68. The predicted octanol–water partition coefficient (Wildman–Crippen LogP) is 2.48. The Morgan fingerprint density at radius 2 is 2.13 bits per heavy atom. The van der Waals surface area contributed by atoms with Crippen molar-refractivity contribution in [1.82, 2.24) is 0 Å². The van der Waals surface area contributed by atoms with Crippen LogP contribution in [-0.4, -0.2) is 17.3 Å². The van der Waals surface area contributed by atoms with E-state index in [0.29, 0.717) is 0 Å². The Morgan fingerprint density at radius 1 is 1.53 bits per heavy atom. The topological polar surface area (TPSA) is 46.4 Å². The first-order chi connectivity index (χ1) is 6.99. The number of halogens is 2. The monoisotopic (exact) mass is 232 g/mol. The van der Waals surface area contributed by atoms with Crippen molar-refractivity contribution in [3.05, 3.63) is 34.0 Å². The van der Waals surface area contributed by atoms with E-state index < -0.39 is 11.1 Å². The number of hydrogen-bond acceptors (Lipinski definition) is 3. The van der Waals surface area contributed by atoms with Gasteiger partial charge in [0, 0.05) is 11.6 Å². The molecule has 0 amide bonds. The van der Waals surface area contributed by atoms with Gasteiger partial charge in [-0.05, 0) is 24.6 Å². The molecule has 0 aliphatic heterocycles. The highest BCUT2D eigenvalue weighted by Crippen LogP contribution is 2.25. The fourth-order valence-corrected chi connectivity index (χ4v) is 1.44. The minimum absolute atomic E-state index is 0.0444. The lowest BCUT2D eigenvalue weighted by atomic mass is 10.1. The zero-order valence-corrected chi connectivity index (χ0v) is 8.84. The molecule has 0 atom stereocenters. The minimum Gasteiger partial charge on any atom is -0.275 e. The number of carbonyl (C=O) groups is 1. The summed E-state index contributed by atoms with van der Waals surface area (Å²) in [5, 5.41) is -0.948. The number of carbonyl (C=O) groups excluding carboxylic acids is 1. The van der Waals surface area contributed by atoms with Crippen molar-refractivity contribution in [3.8, 4) is 0 Å². The van der Waals surface area contributed by atoms with Crippen molar-refractivity contribution < 1.29 is 18.9 Å². The van der Waals surface area contributed by atoms with Crippen molar-refractivity contribution in [2.75, 3.05) is 7.11 Å². The zero-order chi connectivity index (χ0) is 11.6. The van der Waals surface area contributed by atoms with E-state index in [-0.39, 0.29) is 21.7 Å². The summed E-state index contributed by atoms with van der Waals surface area (Å²) in [6.45, 7) is 1.41. The van der Waals surface area contributed by atoms with Crippen LogP contribution in [0.2, 0.25) is 0 Å². The molecule has 1 aromatic carbocycles. The number of hydrogen-bond donors (Lipinski definition) is 0. The SMILES string of the molecule is CO[N+](=O)c1ccc(F)c(C(=O)Cl)c1C. The summed E-state index contributed by atoms with van der Waals surface area (Å²) in [6, 6.07) is 2.20. The van der Waals surface area contributed by atoms with Crippen LogP contribution in [0.3, 0.4) is 0 Å². The molecule has 0 bridgehead atoms. The molecule has 0 fully saturated rings. The van der Waals surface area contributed by atoms with E-state index in [1.54, 1.807) is 0 Å². The van der Waals surface area contributed by atoms with Crippen LogP contribution in [-0.2, 0) is 4.84 Å². The lowest BCUT2D eigenvalue weighted by molar-refractivity contribution is -0.737. The number of benzene rings is 1. The molecule has 0 N–H and O–H groups in total. The maximum Gasteiger partial charge on any atom is 0.320 e. The van der Waals surface area contributed by atoms with Gasteiger partial charge in [-0.1, -0.05) is 0 Å². The van der Waals surface area contributed by atoms with Crippen LogP contribution in [0.1, 0.15) is 15.9 Å². The Bertz CT molecular complexity index is 434. The highest BCUT2D eigenvalue weighted by Gasteiger charge is 2.25. The molecule has 0 unspecified atom stereocenters. The van der Waals surface area contributed by atoms with Gasteiger partial charge in [-0.2, -0.15) is 0 Å². The molecular formula is C9H8ClFNO3+. The average molecular weight is 233 g/mol. The molecule has 0 heterocycles. The quantitative estimate of drug-likeness (QED) is 0.594. The van der Waals surface area contributed by atoms with Crippen molar-refractivity contribution in [3.63, 3.8) is 0 Å². The van der Waals surface area contributed by atoms with E-state index >= 15 is 0 Å². The fourth-order valence-electron chi connectivity index (χ4n) is 1.21. The molecule has 0 saturated heterocycles. The van der Waals surface area contributed by atoms with Gasteiger partial charge in [0.25, 0.3) is 10.2 Å². The van der Waals surface area contributed by atoms with E-state index in [2.05, 4.69) is 4.84 Å². The highest BCUT2D eigenvalue weighted by atomic mass is 35.5. The molecule has 0 aliphatic carbocycles. The van der Waals surface area contributed by atoms with Crippen LogP contribution >= 0.6 is 11.6 Å². The van der Waals surface area contributed by atoms with Gasteiger partial charge in [0.2, 0.25) is 0 Å². The second kappa shape index (κ2) is 4.35. The molecule has 6 heteroatoms. The van der Waals surface area contributed by atoms with E-state index in [1.165, 1.54) is 13.0 Å². The second-order valence-corrected chi connectivity index (χ2v) is 3.12. The zero-order valence-electron chi connectivity index (χ0n) is 8.08. The van der Waals surface area contributed by atoms with Crippen molar-refractivity contribution in [2.24, 2.45) is 0 Å². The molecule has 4 nitrogen and oxygen atoms in total. The van der Waals surface area contributed by atoms with Gasteiger partial charge in [0.1, 0.15) is 5.82 Å². The third-order valence-electron chi connectivity index (χ3n) is 1.94. The van der Waals surface area contributed by atoms with Gasteiger partial charge < -0.3 is 0 Å². The first kappa shape index (κ1) is 11.6. The Morgan fingerprint density at radius 3 is 2.60 bits per heavy atom. The van der Waals surface area contributed by atoms with Gasteiger partial charge >= 0.3 is 5.69 Å². The summed E-state index contributed by atoms with van der Waals surface area (Å²) < 4.78 is 13.2. The van der Waals surface area contributed by atoms with Gasteiger partial charge in [-0.3, -0.25) is 4.79 Å². The van der Waals surface area contributed by atoms with Crippen molar-refractivity contribution in [2.45, 2.75) is 6.92 Å². The number of rotatable bonds is 3. The molecule has 1 rings (SSSR count). The molecule has 0 spiro atoms. The summed E-state index contributed by atoms with van der Waals surface area (Å²) in [6.07, 6.45) is 0. The van der Waals surface area contributed by atoms with Crippen molar-refractivity contribution in [1.29, 1.82) is 0 Å². The number of nitrogens with zero attached hydrogens (tertiary/aromatic N) is 1. The van der Waals surface area contributed by atoms with Crippen molar-refractivity contribution >= 4 is 22.5 Å². The summed E-state index contributed by atoms with van der Waals surface area (Å²) in [5.41, 5.74) is -0.123. The molecule has 0 aliphatic rings. The fraction of sp³-hybridized carbons (Fsp3) is 0.222. The molecule has 0 saturated carbocycles. The first-order valence-electron chi connectivity index (χ1n) is 3.99. The first-order valence-corrected chi connectivity index (χ1v) is 4.37. The second-order valence-electron chi connectivity index (χ2n) is 2.78. The van der Waals surface area contributed by atoms with E-state index in [1.807, 2.05) is 0 Å². The van der Waals surface area contributed by atoms with Crippen LogP contribution in [0.15, 0.2) is 12.1 Å². The lowest BCUT2D eigenvalue weighted by Crippen LogP contribution is -2.05. The van der Waals surface area contributed by atoms with E-state index in [9.17, 15) is 14.1 Å². The summed E-state index contributed by atoms with van der Waals surface area (Å²) in [7, 11) is 1.16. The smallest absolute Gasteiger partial charge is 0.275 e. The van der Waals surface area contributed by atoms with Gasteiger partial charge in [0.15, 0.2) is 7.11 Å². The molecular weight excluding hydrogens is 225 g/mol. The van der Waals surface area contributed by atoms with Crippen LogP contribution in [0.4, 0.5) is 10.1 Å². The van der Waals surface area contributed by atoms with Gasteiger partial charge in [0.05, 0.1) is 10.5 Å². The third-order valence-corrected chi connectivity index (χ3v) is 2.13. The molecule has 0 aromatic heterocycles. The van der Waals surface area contributed by atoms with E-state index in [0.717, 1.165) is 13.2 Å². The van der Waals surface area contributed by atoms with Crippen LogP contribution in [0.25, 0.3) is 0 Å². The van der Waals surface area contributed by atoms with Gasteiger partial charge in [-0.15, -0.1) is 0 Å². The maximum atomic E-state index is 13.2. The summed E-state index contributed by atoms with van der Waals surface area (Å²) >= 11 is 5.19. The van der Waals surface area contributed by atoms with E-state index in [4.69, 9.17) is 11.6 Å². The Hall–Kier alpha value is -1.49. The molecule has 1 aromatic rings. The summed E-state index contributed by atoms with van der Waals surface area (Å²) in [4.78, 5) is 26.6. The Balaban J connectivity index is 3.41. The molecule has 15 heavy (non-hydrogen) atoms. The standard InChI is InChI=1S/C9H8ClFNO3/c1-5-7(12(14)15-2)4-3-6(11)8(5)9(10)13/h3-4H,1-2H3/q+1. The van der Waals surface area contributed by atoms with Crippen LogP contribution < -0.4 is 0 Å². The third kappa shape index (κ3) is 2.12. The Kier molecular flexibility index (Phi) is 3.36. The maximum absolute atomic E-state index is 13.2. The molecule has 0 radical (unpaired) electrons. The van der Waals surface area contributed by atoms with Crippen LogP contribution in [0.5, 0.6) is 0 Å². The van der Waals surface area contributed by atoms with Crippen LogP contribution in [0, 0.1) is 17.6 Å². The minimum atomic E-state index is -0.948. The predicted molar refractivity (Wildman–Crippen MR) is 51.6 cm³/mol. The van der Waals surface area contributed by atoms with Gasteiger partial charge in [-0.25, -0.2) is 9.23 Å². The largest absolute Gasteiger partial charge is 0.320 e. The molecule has 80 valence electrons. The normalized spacial score (nSPS) is 9.87. The Labute approximate surface area is 90.1 Å². The summed E-state index contributed by atoms with van der Waals surface area (Å²) in [5.74, 6) is -0.763.